The smallest absolute Gasteiger partial charge is 0.320 e. The fraction of sp³-hybridized carbons (Fsp3) is 0.800. The van der Waals surface area contributed by atoms with Gasteiger partial charge in [0, 0.05) is 5.48 Å². The number of carboxylic acids is 1. The van der Waals surface area contributed by atoms with E-state index in [1.165, 1.54) is 0 Å². The van der Waals surface area contributed by atoms with Gasteiger partial charge < -0.3 is 10.4 Å². The van der Waals surface area contributed by atoms with Crippen LogP contribution in [-0.4, -0.2) is 23.6 Å². The van der Waals surface area contributed by atoms with E-state index in [0.29, 0.717) is 0 Å². The van der Waals surface area contributed by atoms with Gasteiger partial charge in [-0.15, -0.1) is 0 Å². The number of carbonyl (C=O) groups is 1. The minimum Gasteiger partial charge on any atom is -0.480 e. The molecule has 0 spiro atoms. The van der Waals surface area contributed by atoms with Crippen LogP contribution in [0.1, 0.15) is 18.3 Å². The van der Waals surface area contributed by atoms with E-state index in [4.69, 9.17) is 10.6 Å². The van der Waals surface area contributed by atoms with Crippen LogP contribution in [0.25, 0.3) is 0 Å². The third-order valence-electron chi connectivity index (χ3n) is 0.877. The Morgan fingerprint density at radius 1 is 2.00 bits per heavy atom. The van der Waals surface area contributed by atoms with Crippen molar-refractivity contribution in [3.63, 3.8) is 0 Å². The molecule has 1 unspecified atom stereocenters. The van der Waals surface area contributed by atoms with Gasteiger partial charge in [-0.3, -0.25) is 4.79 Å². The molecule has 46 valence electrons. The van der Waals surface area contributed by atoms with Crippen molar-refractivity contribution in [2.45, 2.75) is 18.8 Å². The highest BCUT2D eigenvalue weighted by molar-refractivity contribution is 5.73. The molecule has 1 saturated heterocycles. The number of nitrogens with one attached hydrogen (secondary N) is 1. The Morgan fingerprint density at radius 3 is 3.00 bits per heavy atom. The third kappa shape index (κ3) is 0.980. The molecule has 8 heavy (non-hydrogen) atoms. The molecule has 0 bridgehead atoms. The Hall–Kier alpha value is -0.570. The van der Waals surface area contributed by atoms with E-state index in [9.17, 15) is 4.79 Å². The maximum atomic E-state index is 10.4. The van der Waals surface area contributed by atoms with Crippen molar-refractivity contribution >= 4 is 5.97 Å². The first-order valence-electron chi connectivity index (χ1n) is 4.37. The van der Waals surface area contributed by atoms with Crippen LogP contribution in [0.2, 0.25) is 0 Å². The predicted octanol–water partition coefficient (Wildman–Crippen LogP) is -0.177. The van der Waals surface area contributed by atoms with Gasteiger partial charge in [-0.25, -0.2) is 0 Å². The summed E-state index contributed by atoms with van der Waals surface area (Å²) in [6, 6.07) is -1.28. The topological polar surface area (TPSA) is 49.3 Å². The van der Waals surface area contributed by atoms with E-state index >= 15 is 0 Å². The monoisotopic (exact) mass is 125 g/mol. The van der Waals surface area contributed by atoms with E-state index in [0.717, 1.165) is 0 Å². The SMILES string of the molecule is [2H][13CH]1[13C@@H]([2H])[13C@@H]([13C](=O)O)[15NH][13C]1([2H])[2H]. The maximum Gasteiger partial charge on any atom is 0.320 e. The van der Waals surface area contributed by atoms with Gasteiger partial charge in [0.1, 0.15) is 6.04 Å². The molecule has 0 aliphatic carbocycles. The van der Waals surface area contributed by atoms with E-state index < -0.39 is 31.3 Å². The summed E-state index contributed by atoms with van der Waals surface area (Å²) in [5.74, 6) is -1.28. The molecule has 1 aliphatic rings. The summed E-state index contributed by atoms with van der Waals surface area (Å²) in [6.45, 7) is -2.07. The summed E-state index contributed by atoms with van der Waals surface area (Å²) in [5, 5.41) is 10.6. The van der Waals surface area contributed by atoms with Crippen molar-refractivity contribution in [1.29, 1.82) is 0 Å². The van der Waals surface area contributed by atoms with Crippen LogP contribution < -0.4 is 5.32 Å². The lowest BCUT2D eigenvalue weighted by Crippen LogP contribution is -2.29. The van der Waals surface area contributed by atoms with Crippen LogP contribution in [-0.2, 0) is 4.79 Å². The standard InChI is InChI=1S/C5H9NO2/c7-5(8)4-2-1-3-6-4/h4,6H,1-3H2,(H,7,8)/t4-/m0/s1/i1+1D,2+1D,3+1D2,4+1,5+1,6+1/t1?,2-,4+/m1. The Labute approximate surface area is 53.3 Å². The molecule has 3 nitrogen and oxygen atoms in total. The van der Waals surface area contributed by atoms with Gasteiger partial charge in [0.15, 0.2) is 0 Å². The van der Waals surface area contributed by atoms with Crippen molar-refractivity contribution < 1.29 is 15.4 Å². The molecule has 2 N–H and O–H groups in total. The van der Waals surface area contributed by atoms with Gasteiger partial charge in [0.25, 0.3) is 0 Å². The van der Waals surface area contributed by atoms with E-state index in [-0.39, 0.29) is 0 Å². The van der Waals surface area contributed by atoms with E-state index in [1.54, 1.807) is 0 Å². The minimum atomic E-state index is -2.07. The molecule has 1 fully saturated rings. The van der Waals surface area contributed by atoms with Crippen LogP contribution in [0.4, 0.5) is 0 Å². The van der Waals surface area contributed by atoms with Gasteiger partial charge >= 0.3 is 5.97 Å². The number of hydrogen-bond acceptors (Lipinski definition) is 2. The predicted molar refractivity (Wildman–Crippen MR) is 28.7 cm³/mol. The van der Waals surface area contributed by atoms with Crippen LogP contribution in [0.15, 0.2) is 0 Å². The van der Waals surface area contributed by atoms with Gasteiger partial charge in [-0.05, 0) is 19.3 Å². The summed E-state index contributed by atoms with van der Waals surface area (Å²) < 4.78 is 28.6. The highest BCUT2D eigenvalue weighted by atomic mass is 16.5. The highest BCUT2D eigenvalue weighted by Crippen LogP contribution is 2.03. The largest absolute Gasteiger partial charge is 0.480 e. The molecule has 1 rings (SSSR count). The third-order valence-corrected chi connectivity index (χ3v) is 0.877. The lowest BCUT2D eigenvalue weighted by Gasteiger charge is -1.99. The number of rotatable bonds is 1. The molecular weight excluding hydrogens is 112 g/mol. The van der Waals surface area contributed by atoms with Crippen molar-refractivity contribution in [3.8, 4) is 0 Å². The first kappa shape index (κ1) is 2.35. The van der Waals surface area contributed by atoms with Gasteiger partial charge in [0.05, 0.1) is 0 Å². The molecule has 3 heteroatoms. The van der Waals surface area contributed by atoms with Gasteiger partial charge in [-0.2, -0.15) is 0 Å². The molecular formula is C5H9NO2. The molecule has 3 atom stereocenters. The molecule has 0 aromatic heterocycles. The lowest BCUT2D eigenvalue weighted by molar-refractivity contribution is -0.139. The first-order chi connectivity index (χ1) is 5.36. The van der Waals surface area contributed by atoms with E-state index in [2.05, 4.69) is 5.32 Å². The molecule has 0 radical (unpaired) electrons. The summed E-state index contributed by atoms with van der Waals surface area (Å²) in [6.07, 6.45) is -2.60. The second-order valence-corrected chi connectivity index (χ2v) is 1.46. The zero-order valence-corrected chi connectivity index (χ0v) is 4.09. The minimum absolute atomic E-state index is 1.25. The average molecular weight is 125 g/mol. The fourth-order valence-electron chi connectivity index (χ4n) is 0.474. The number of aliphatic carboxylic acids is 1. The number of carboxylic acid groups (broad SMARTS) is 1. The maximum absolute atomic E-state index is 10.4. The van der Waals surface area contributed by atoms with Crippen LogP contribution in [0.5, 0.6) is 0 Å². The van der Waals surface area contributed by atoms with Crippen molar-refractivity contribution in [1.82, 2.24) is 5.32 Å². The van der Waals surface area contributed by atoms with Crippen molar-refractivity contribution in [3.05, 3.63) is 0 Å². The molecule has 0 aromatic rings. The lowest BCUT2D eigenvalue weighted by atomic mass is 11.2. The summed E-state index contributed by atoms with van der Waals surface area (Å²) in [4.78, 5) is 10.4. The Kier molecular flexibility index (Phi) is 0.627. The van der Waals surface area contributed by atoms with E-state index in [1.807, 2.05) is 0 Å². The number of hydrogen-bond donors (Lipinski definition) is 2. The van der Waals surface area contributed by atoms with Crippen LogP contribution in [0, 0.1) is 0 Å². The zero-order chi connectivity index (χ0) is 9.52. The molecule has 0 aromatic carbocycles. The second kappa shape index (κ2) is 2.13. The van der Waals surface area contributed by atoms with Crippen LogP contribution >= 0.6 is 0 Å². The molecule has 0 saturated carbocycles. The van der Waals surface area contributed by atoms with Gasteiger partial charge in [0.2, 0.25) is 0 Å². The zero-order valence-electron chi connectivity index (χ0n) is 8.09. The second-order valence-electron chi connectivity index (χ2n) is 1.46. The summed E-state index contributed by atoms with van der Waals surface area (Å²) in [5.41, 5.74) is 0. The van der Waals surface area contributed by atoms with Crippen LogP contribution in [0.3, 0.4) is 0 Å². The average Bonchev–Trinajstić information content (AvgIpc) is 2.14. The quantitative estimate of drug-likeness (QED) is 0.377. The Bertz CT molecular complexity index is 210. The Balaban J connectivity index is 2.81. The normalized spacial score (nSPS) is 60.2. The highest BCUT2D eigenvalue weighted by Gasteiger charge is 2.20. The van der Waals surface area contributed by atoms with Crippen molar-refractivity contribution in [2.75, 3.05) is 6.50 Å². The first-order valence-corrected chi connectivity index (χ1v) is 2.21. The molecule has 1 heterocycles. The fourth-order valence-corrected chi connectivity index (χ4v) is 0.474. The van der Waals surface area contributed by atoms with Gasteiger partial charge in [-0.1, -0.05) is 0 Å². The summed E-state index contributed by atoms with van der Waals surface area (Å²) in [7, 11) is 0. The molecule has 1 aliphatic heterocycles. The van der Waals surface area contributed by atoms with Crippen molar-refractivity contribution in [2.24, 2.45) is 0 Å². The summed E-state index contributed by atoms with van der Waals surface area (Å²) >= 11 is 0. The molecule has 0 amide bonds. The Morgan fingerprint density at radius 2 is 2.75 bits per heavy atom.